The predicted octanol–water partition coefficient (Wildman–Crippen LogP) is 1.97. The molecule has 0 aromatic carbocycles. The number of hydrogen-bond donors (Lipinski definition) is 3. The maximum Gasteiger partial charge on any atom is 0.158 e. The van der Waals surface area contributed by atoms with Crippen molar-refractivity contribution in [2.24, 2.45) is 0 Å². The molecule has 120 valence electrons. The highest BCUT2D eigenvalue weighted by Crippen LogP contribution is 2.12. The number of thioether (sulfide) groups is 1. The topological polar surface area (TPSA) is 79.3 Å². The van der Waals surface area contributed by atoms with Crippen LogP contribution in [-0.4, -0.2) is 53.4 Å². The van der Waals surface area contributed by atoms with Gasteiger partial charge in [-0.3, -0.25) is 0 Å². The molecule has 7 heteroatoms. The zero-order chi connectivity index (χ0) is 15.3. The fraction of sp³-hybridized carbons (Fsp3) is 0.714. The largest absolute Gasteiger partial charge is 0.396 e. The van der Waals surface area contributed by atoms with E-state index in [9.17, 15) is 0 Å². The van der Waals surface area contributed by atoms with Crippen LogP contribution in [0.3, 0.4) is 0 Å². The first-order valence-corrected chi connectivity index (χ1v) is 8.48. The Balaban J connectivity index is 2.48. The van der Waals surface area contributed by atoms with Gasteiger partial charge in [-0.2, -0.15) is 11.8 Å². The lowest BCUT2D eigenvalue weighted by atomic mass is 10.4. The molecule has 0 aliphatic carbocycles. The van der Waals surface area contributed by atoms with Gasteiger partial charge in [-0.25, -0.2) is 9.97 Å². The predicted molar refractivity (Wildman–Crippen MR) is 89.0 cm³/mol. The van der Waals surface area contributed by atoms with Gasteiger partial charge in [0, 0.05) is 38.6 Å². The van der Waals surface area contributed by atoms with Gasteiger partial charge < -0.3 is 20.5 Å². The summed E-state index contributed by atoms with van der Waals surface area (Å²) in [7, 11) is 1.64. The fourth-order valence-corrected chi connectivity index (χ4v) is 2.43. The van der Waals surface area contributed by atoms with E-state index in [1.54, 1.807) is 7.11 Å². The summed E-state index contributed by atoms with van der Waals surface area (Å²) in [6.45, 7) is 4.51. The van der Waals surface area contributed by atoms with Crippen LogP contribution in [0.5, 0.6) is 0 Å². The van der Waals surface area contributed by atoms with Crippen LogP contribution in [0.1, 0.15) is 25.6 Å². The number of rotatable bonds is 12. The number of methoxy groups -OCH3 is 1. The number of anilines is 2. The lowest BCUT2D eigenvalue weighted by Gasteiger charge is -2.10. The molecule has 0 saturated carbocycles. The average molecular weight is 314 g/mol. The van der Waals surface area contributed by atoms with E-state index in [-0.39, 0.29) is 6.61 Å². The van der Waals surface area contributed by atoms with Gasteiger partial charge in [0.05, 0.1) is 0 Å². The maximum atomic E-state index is 8.72. The summed E-state index contributed by atoms with van der Waals surface area (Å²) in [4.78, 5) is 8.84. The van der Waals surface area contributed by atoms with Gasteiger partial charge in [-0.15, -0.1) is 0 Å². The van der Waals surface area contributed by atoms with Crippen LogP contribution in [0, 0.1) is 0 Å². The Morgan fingerprint density at radius 1 is 1.19 bits per heavy atom. The Kier molecular flexibility index (Phi) is 9.94. The third-order valence-electron chi connectivity index (χ3n) is 2.60. The van der Waals surface area contributed by atoms with Gasteiger partial charge >= 0.3 is 0 Å². The monoisotopic (exact) mass is 314 g/mol. The molecule has 0 fully saturated rings. The normalized spacial score (nSPS) is 10.6. The zero-order valence-electron chi connectivity index (χ0n) is 12.9. The van der Waals surface area contributed by atoms with Crippen molar-refractivity contribution in [1.82, 2.24) is 9.97 Å². The summed E-state index contributed by atoms with van der Waals surface area (Å²) in [5.74, 6) is 4.29. The van der Waals surface area contributed by atoms with E-state index in [2.05, 4.69) is 27.5 Å². The zero-order valence-corrected chi connectivity index (χ0v) is 13.7. The molecule has 3 N–H and O–H groups in total. The number of nitrogens with one attached hydrogen (secondary N) is 2. The molecule has 1 aromatic rings. The van der Waals surface area contributed by atoms with E-state index in [0.717, 1.165) is 49.1 Å². The average Bonchev–Trinajstić information content (AvgIpc) is 2.49. The van der Waals surface area contributed by atoms with Gasteiger partial charge in [-0.1, -0.05) is 6.92 Å². The first kappa shape index (κ1) is 18.0. The van der Waals surface area contributed by atoms with Crippen LogP contribution in [0.2, 0.25) is 0 Å². The van der Waals surface area contributed by atoms with Crippen LogP contribution in [0.15, 0.2) is 6.07 Å². The summed E-state index contributed by atoms with van der Waals surface area (Å²) < 4.78 is 5.10. The first-order chi connectivity index (χ1) is 10.3. The molecule has 0 amide bonds. The van der Waals surface area contributed by atoms with Gasteiger partial charge in [0.15, 0.2) is 5.82 Å². The molecule has 0 saturated heterocycles. The molecule has 1 rings (SSSR count). The summed E-state index contributed by atoms with van der Waals surface area (Å²) >= 11 is 1.82. The maximum absolute atomic E-state index is 8.72. The Labute approximate surface area is 131 Å². The number of ether oxygens (including phenoxy) is 1. The molecule has 6 nitrogen and oxygen atoms in total. The molecule has 0 aliphatic heterocycles. The summed E-state index contributed by atoms with van der Waals surface area (Å²) in [6.07, 6.45) is 1.90. The van der Waals surface area contributed by atoms with Gasteiger partial charge in [0.1, 0.15) is 18.2 Å². The van der Waals surface area contributed by atoms with Crippen molar-refractivity contribution in [2.75, 3.05) is 48.9 Å². The van der Waals surface area contributed by atoms with E-state index in [1.165, 1.54) is 0 Å². The van der Waals surface area contributed by atoms with Crippen molar-refractivity contribution in [1.29, 1.82) is 0 Å². The molecule has 0 aliphatic rings. The van der Waals surface area contributed by atoms with Crippen LogP contribution in [0.25, 0.3) is 0 Å². The lowest BCUT2D eigenvalue weighted by molar-refractivity contribution is 0.178. The third kappa shape index (κ3) is 8.08. The number of hydrogen-bond acceptors (Lipinski definition) is 7. The third-order valence-corrected chi connectivity index (χ3v) is 3.67. The Morgan fingerprint density at radius 3 is 2.52 bits per heavy atom. The number of aromatic nitrogens is 2. The second-order valence-corrected chi connectivity index (χ2v) is 5.76. The molecule has 0 atom stereocenters. The fourth-order valence-electron chi connectivity index (χ4n) is 1.64. The second kappa shape index (κ2) is 11.6. The van der Waals surface area contributed by atoms with E-state index in [0.29, 0.717) is 12.4 Å². The number of aliphatic hydroxyl groups excluding tert-OH is 1. The minimum Gasteiger partial charge on any atom is -0.396 e. The number of nitrogens with zero attached hydrogens (tertiary/aromatic N) is 2. The summed E-state index contributed by atoms with van der Waals surface area (Å²) in [5.41, 5.74) is 0. The van der Waals surface area contributed by atoms with Crippen molar-refractivity contribution in [2.45, 2.75) is 26.4 Å². The Hall–Kier alpha value is -1.05. The van der Waals surface area contributed by atoms with Crippen LogP contribution >= 0.6 is 11.8 Å². The minimum absolute atomic E-state index is 0.263. The van der Waals surface area contributed by atoms with Gasteiger partial charge in [0.25, 0.3) is 0 Å². The molecule has 21 heavy (non-hydrogen) atoms. The molecular formula is C14H26N4O2S. The van der Waals surface area contributed by atoms with Crippen molar-refractivity contribution in [3.63, 3.8) is 0 Å². The smallest absolute Gasteiger partial charge is 0.158 e. The summed E-state index contributed by atoms with van der Waals surface area (Å²) in [6, 6.07) is 1.92. The van der Waals surface area contributed by atoms with Crippen molar-refractivity contribution >= 4 is 23.4 Å². The summed E-state index contributed by atoms with van der Waals surface area (Å²) in [5, 5.41) is 15.3. The minimum atomic E-state index is 0.263. The molecular weight excluding hydrogens is 288 g/mol. The van der Waals surface area contributed by atoms with Crippen LogP contribution in [-0.2, 0) is 11.3 Å². The van der Waals surface area contributed by atoms with Crippen molar-refractivity contribution in [3.8, 4) is 0 Å². The van der Waals surface area contributed by atoms with Crippen LogP contribution in [0.4, 0.5) is 11.6 Å². The van der Waals surface area contributed by atoms with Crippen molar-refractivity contribution in [3.05, 3.63) is 11.9 Å². The Morgan fingerprint density at radius 2 is 1.90 bits per heavy atom. The molecule has 0 spiro atoms. The molecule has 1 aromatic heterocycles. The molecule has 0 radical (unpaired) electrons. The molecule has 0 unspecified atom stereocenters. The highest BCUT2D eigenvalue weighted by atomic mass is 32.2. The van der Waals surface area contributed by atoms with Gasteiger partial charge in [-0.05, 0) is 18.6 Å². The SMILES string of the molecule is CCCNc1cc(NCCSCCCO)nc(COC)n1. The van der Waals surface area contributed by atoms with E-state index in [4.69, 9.17) is 9.84 Å². The van der Waals surface area contributed by atoms with E-state index in [1.807, 2.05) is 17.8 Å². The second-order valence-electron chi connectivity index (χ2n) is 4.53. The van der Waals surface area contributed by atoms with Crippen LogP contribution < -0.4 is 10.6 Å². The highest BCUT2D eigenvalue weighted by Gasteiger charge is 2.04. The van der Waals surface area contributed by atoms with Gasteiger partial charge in [0.2, 0.25) is 0 Å². The lowest BCUT2D eigenvalue weighted by Crippen LogP contribution is -2.11. The number of aliphatic hydroxyl groups is 1. The first-order valence-electron chi connectivity index (χ1n) is 7.33. The molecule has 0 bridgehead atoms. The van der Waals surface area contributed by atoms with Crippen molar-refractivity contribution < 1.29 is 9.84 Å². The molecule has 1 heterocycles. The standard InChI is InChI=1S/C14H26N4O2S/c1-3-5-15-12-10-13(18-14(17-12)11-20-2)16-6-9-21-8-4-7-19/h10,19H,3-9,11H2,1-2H3,(H2,15,16,17,18). The van der Waals surface area contributed by atoms with E-state index < -0.39 is 0 Å². The highest BCUT2D eigenvalue weighted by molar-refractivity contribution is 7.99. The quantitative estimate of drug-likeness (QED) is 0.509. The Bertz CT molecular complexity index is 393. The van der Waals surface area contributed by atoms with E-state index >= 15 is 0 Å².